The maximum atomic E-state index is 12.2. The summed E-state index contributed by atoms with van der Waals surface area (Å²) in [6.07, 6.45) is 3.53. The monoisotopic (exact) mass is 368 g/mol. The zero-order chi connectivity index (χ0) is 19.0. The average Bonchev–Trinajstić information content (AvgIpc) is 3.21. The van der Waals surface area contributed by atoms with Crippen LogP contribution < -0.4 is 10.6 Å². The highest BCUT2D eigenvalue weighted by Gasteiger charge is 2.52. The second-order valence-corrected chi connectivity index (χ2v) is 8.61. The molecule has 5 heteroatoms. The number of hydrogen-bond acceptors (Lipinski definition) is 2. The summed E-state index contributed by atoms with van der Waals surface area (Å²) in [6, 6.07) is 9.24. The topological polar surface area (TPSA) is 56.7 Å². The molecule has 1 aromatic carbocycles. The molecule has 2 N–H and O–H groups in total. The van der Waals surface area contributed by atoms with E-state index in [1.54, 1.807) is 11.1 Å². The molecule has 1 saturated carbocycles. The van der Waals surface area contributed by atoms with Gasteiger partial charge in [-0.2, -0.15) is 0 Å². The number of aryl methyl sites for hydroxylation is 1. The van der Waals surface area contributed by atoms with E-state index in [1.165, 1.54) is 12.8 Å². The third-order valence-corrected chi connectivity index (χ3v) is 6.56. The number of hydrogen-bond donors (Lipinski definition) is 2. The van der Waals surface area contributed by atoms with E-state index < -0.39 is 0 Å². The fourth-order valence-corrected chi connectivity index (χ4v) is 5.03. The molecular formula is C22H32N4O. The molecule has 1 amide bonds. The maximum absolute atomic E-state index is 12.2. The molecule has 4 rings (SSSR count). The number of rotatable bonds is 4. The molecule has 0 aromatic heterocycles. The average molecular weight is 369 g/mol. The molecule has 1 aromatic rings. The van der Waals surface area contributed by atoms with E-state index in [4.69, 9.17) is 0 Å². The largest absolute Gasteiger partial charge is 0.356 e. The Bertz CT molecular complexity index is 729. The van der Waals surface area contributed by atoms with Crippen LogP contribution in [0.5, 0.6) is 0 Å². The number of carbonyl (C=O) groups is 1. The van der Waals surface area contributed by atoms with Gasteiger partial charge in [-0.15, -0.1) is 0 Å². The Labute approximate surface area is 162 Å². The van der Waals surface area contributed by atoms with E-state index in [1.807, 2.05) is 25.8 Å². The Morgan fingerprint density at radius 1 is 1.30 bits per heavy atom. The summed E-state index contributed by atoms with van der Waals surface area (Å²) in [5.74, 6) is 3.47. The molecule has 1 saturated heterocycles. The molecule has 4 atom stereocenters. The van der Waals surface area contributed by atoms with E-state index in [9.17, 15) is 4.79 Å². The molecular weight excluding hydrogens is 336 g/mol. The molecule has 1 heterocycles. The summed E-state index contributed by atoms with van der Waals surface area (Å²) in [4.78, 5) is 18.5. The molecule has 0 bridgehead atoms. The highest BCUT2D eigenvalue weighted by Crippen LogP contribution is 2.59. The summed E-state index contributed by atoms with van der Waals surface area (Å²) in [5.41, 5.74) is 3.12. The minimum Gasteiger partial charge on any atom is -0.356 e. The van der Waals surface area contributed by atoms with Gasteiger partial charge < -0.3 is 15.5 Å². The van der Waals surface area contributed by atoms with Crippen LogP contribution in [0.25, 0.3) is 0 Å². The van der Waals surface area contributed by atoms with Crippen molar-refractivity contribution in [2.75, 3.05) is 26.7 Å². The number of guanidine groups is 1. The van der Waals surface area contributed by atoms with Crippen molar-refractivity contribution in [3.8, 4) is 0 Å². The summed E-state index contributed by atoms with van der Waals surface area (Å²) >= 11 is 0. The molecule has 3 aliphatic rings. The van der Waals surface area contributed by atoms with Crippen molar-refractivity contribution in [3.05, 3.63) is 35.4 Å². The number of amides is 1. The molecule has 1 aliphatic heterocycles. The first-order valence-corrected chi connectivity index (χ1v) is 10.4. The number of fused-ring (bicyclic) bond motifs is 3. The smallest absolute Gasteiger partial charge is 0.225 e. The molecule has 5 nitrogen and oxygen atoms in total. The van der Waals surface area contributed by atoms with E-state index in [-0.39, 0.29) is 11.8 Å². The predicted molar refractivity (Wildman–Crippen MR) is 109 cm³/mol. The summed E-state index contributed by atoms with van der Waals surface area (Å²) in [7, 11) is 1.83. The van der Waals surface area contributed by atoms with Gasteiger partial charge in [0.1, 0.15) is 0 Å². The van der Waals surface area contributed by atoms with Crippen molar-refractivity contribution in [3.63, 3.8) is 0 Å². The normalized spacial score (nSPS) is 29.3. The van der Waals surface area contributed by atoms with E-state index in [2.05, 4.69) is 39.9 Å². The fourth-order valence-electron chi connectivity index (χ4n) is 5.03. The van der Waals surface area contributed by atoms with Crippen LogP contribution in [-0.4, -0.2) is 49.5 Å². The first kappa shape index (κ1) is 18.3. The minimum atomic E-state index is 0.0716. The molecule has 2 fully saturated rings. The van der Waals surface area contributed by atoms with Crippen molar-refractivity contribution < 1.29 is 4.79 Å². The van der Waals surface area contributed by atoms with Gasteiger partial charge in [0.25, 0.3) is 0 Å². The van der Waals surface area contributed by atoms with Crippen molar-refractivity contribution in [1.82, 2.24) is 15.5 Å². The van der Waals surface area contributed by atoms with Crippen LogP contribution >= 0.6 is 0 Å². The van der Waals surface area contributed by atoms with Crippen LogP contribution in [0.3, 0.4) is 0 Å². The molecule has 0 spiro atoms. The van der Waals surface area contributed by atoms with Gasteiger partial charge >= 0.3 is 0 Å². The van der Waals surface area contributed by atoms with Gasteiger partial charge in [0.2, 0.25) is 5.91 Å². The lowest BCUT2D eigenvalue weighted by molar-refractivity contribution is -0.133. The Kier molecular flexibility index (Phi) is 5.11. The lowest BCUT2D eigenvalue weighted by atomic mass is 9.92. The Hall–Kier alpha value is -2.04. The summed E-state index contributed by atoms with van der Waals surface area (Å²) in [6.45, 7) is 6.54. The van der Waals surface area contributed by atoms with Crippen molar-refractivity contribution in [2.45, 2.75) is 45.1 Å². The van der Waals surface area contributed by atoms with Crippen molar-refractivity contribution >= 4 is 11.9 Å². The van der Waals surface area contributed by atoms with E-state index in [0.717, 1.165) is 49.8 Å². The van der Waals surface area contributed by atoms with Crippen LogP contribution in [0.4, 0.5) is 0 Å². The molecule has 0 radical (unpaired) electrons. The fraction of sp³-hybridized carbons (Fsp3) is 0.636. The zero-order valence-electron chi connectivity index (χ0n) is 16.7. The SMILES string of the molecule is CN=C(NCC1C2CCc3ccccc3C21)NC1CCN(C(=O)C(C)C)C1. The standard InChI is InChI=1S/C22H32N4O/c1-14(2)21(27)26-11-10-16(13-26)25-22(23-3)24-12-19-18-9-8-15-6-4-5-7-17(15)20(18)19/h4-7,14,16,18-20H,8-13H2,1-3H3,(H2,23,24,25). The van der Waals surface area contributed by atoms with Crippen molar-refractivity contribution in [1.29, 1.82) is 0 Å². The second-order valence-electron chi connectivity index (χ2n) is 8.61. The minimum absolute atomic E-state index is 0.0716. The van der Waals surface area contributed by atoms with Gasteiger partial charge in [0.05, 0.1) is 0 Å². The van der Waals surface area contributed by atoms with Crippen LogP contribution in [0.1, 0.15) is 43.7 Å². The highest BCUT2D eigenvalue weighted by molar-refractivity contribution is 5.81. The van der Waals surface area contributed by atoms with E-state index in [0.29, 0.717) is 6.04 Å². The number of nitrogens with zero attached hydrogens (tertiary/aromatic N) is 2. The van der Waals surface area contributed by atoms with Crippen LogP contribution in [-0.2, 0) is 11.2 Å². The third-order valence-electron chi connectivity index (χ3n) is 6.56. The lowest BCUT2D eigenvalue weighted by Gasteiger charge is -2.20. The molecule has 146 valence electrons. The Balaban J connectivity index is 1.27. The first-order chi connectivity index (χ1) is 13.1. The van der Waals surface area contributed by atoms with Crippen LogP contribution in [0.15, 0.2) is 29.3 Å². The summed E-state index contributed by atoms with van der Waals surface area (Å²) in [5, 5.41) is 7.07. The number of likely N-dealkylation sites (tertiary alicyclic amines) is 1. The third kappa shape index (κ3) is 3.69. The van der Waals surface area contributed by atoms with Gasteiger partial charge in [-0.25, -0.2) is 0 Å². The van der Waals surface area contributed by atoms with Crippen molar-refractivity contribution in [2.24, 2.45) is 22.7 Å². The van der Waals surface area contributed by atoms with Crippen LogP contribution in [0, 0.1) is 17.8 Å². The zero-order valence-corrected chi connectivity index (χ0v) is 16.7. The quantitative estimate of drug-likeness (QED) is 0.634. The molecule has 27 heavy (non-hydrogen) atoms. The summed E-state index contributed by atoms with van der Waals surface area (Å²) < 4.78 is 0. The predicted octanol–water partition coefficient (Wildman–Crippen LogP) is 2.38. The van der Waals surface area contributed by atoms with Gasteiger partial charge in [-0.05, 0) is 48.1 Å². The van der Waals surface area contributed by atoms with Gasteiger partial charge in [-0.1, -0.05) is 38.1 Å². The Morgan fingerprint density at radius 3 is 2.89 bits per heavy atom. The molecule has 4 unspecified atom stereocenters. The van der Waals surface area contributed by atoms with E-state index >= 15 is 0 Å². The molecule has 2 aliphatic carbocycles. The number of benzene rings is 1. The maximum Gasteiger partial charge on any atom is 0.225 e. The van der Waals surface area contributed by atoms with Crippen LogP contribution in [0.2, 0.25) is 0 Å². The second kappa shape index (κ2) is 7.53. The Morgan fingerprint density at radius 2 is 2.11 bits per heavy atom. The van der Waals surface area contributed by atoms with Gasteiger partial charge in [0, 0.05) is 38.6 Å². The first-order valence-electron chi connectivity index (χ1n) is 10.4. The van der Waals surface area contributed by atoms with Gasteiger partial charge in [-0.3, -0.25) is 9.79 Å². The van der Waals surface area contributed by atoms with Gasteiger partial charge in [0.15, 0.2) is 5.96 Å². The lowest BCUT2D eigenvalue weighted by Crippen LogP contribution is -2.45. The highest BCUT2D eigenvalue weighted by atomic mass is 16.2. The number of carbonyl (C=O) groups excluding carboxylic acids is 1. The number of nitrogens with one attached hydrogen (secondary N) is 2. The number of aliphatic imine (C=N–C) groups is 1.